The number of nitrogens with one attached hydrogen (secondary N) is 2. The smallest absolute Gasteiger partial charge is 0.407 e. The second-order valence-corrected chi connectivity index (χ2v) is 12.6. The normalized spacial score (nSPS) is 19.9. The van der Waals surface area contributed by atoms with Gasteiger partial charge in [-0.3, -0.25) is 9.59 Å². The number of piperazine rings is 1. The van der Waals surface area contributed by atoms with Crippen molar-refractivity contribution >= 4 is 34.6 Å². The summed E-state index contributed by atoms with van der Waals surface area (Å²) in [5, 5.41) is 6.87. The van der Waals surface area contributed by atoms with E-state index >= 15 is 0 Å². The summed E-state index contributed by atoms with van der Waals surface area (Å²) in [4.78, 5) is 49.0. The summed E-state index contributed by atoms with van der Waals surface area (Å²) in [6, 6.07) is 9.51. The number of pyridine rings is 1. The van der Waals surface area contributed by atoms with Crippen LogP contribution in [0.25, 0.3) is 10.9 Å². The molecule has 1 saturated carbocycles. The van der Waals surface area contributed by atoms with Gasteiger partial charge in [0.05, 0.1) is 17.6 Å². The average molecular weight is 567 g/mol. The van der Waals surface area contributed by atoms with Crippen LogP contribution in [0.15, 0.2) is 30.3 Å². The van der Waals surface area contributed by atoms with Crippen LogP contribution >= 0.6 is 0 Å². The first-order valence-electron chi connectivity index (χ1n) is 14.8. The van der Waals surface area contributed by atoms with E-state index in [2.05, 4.69) is 15.5 Å². The Labute approximate surface area is 243 Å². The van der Waals surface area contributed by atoms with Gasteiger partial charge in [0.1, 0.15) is 11.4 Å². The number of carbonyl (C=O) groups excluding carboxylic acids is 3. The first-order valence-corrected chi connectivity index (χ1v) is 14.8. The molecule has 2 fully saturated rings. The molecule has 0 radical (unpaired) electrons. The van der Waals surface area contributed by atoms with Gasteiger partial charge in [0.25, 0.3) is 5.91 Å². The van der Waals surface area contributed by atoms with Gasteiger partial charge in [0.2, 0.25) is 5.91 Å². The maximum absolute atomic E-state index is 13.5. The Balaban J connectivity index is 1.33. The number of hydrogen-bond acceptors (Lipinski definition) is 7. The van der Waals surface area contributed by atoms with Gasteiger partial charge in [0.15, 0.2) is 0 Å². The second kappa shape index (κ2) is 13.5. The number of hydrogen-bond donors (Lipinski definition) is 2. The van der Waals surface area contributed by atoms with Crippen LogP contribution in [0.5, 0.6) is 0 Å². The van der Waals surface area contributed by atoms with Crippen molar-refractivity contribution < 1.29 is 19.1 Å². The molecule has 2 heterocycles. The van der Waals surface area contributed by atoms with Crippen molar-refractivity contribution in [2.75, 3.05) is 64.8 Å². The average Bonchev–Trinajstić information content (AvgIpc) is 2.93. The van der Waals surface area contributed by atoms with Crippen LogP contribution in [0, 0.1) is 11.8 Å². The number of likely N-dealkylation sites (N-methyl/N-ethyl adjacent to an activating group) is 1. The van der Waals surface area contributed by atoms with E-state index in [1.165, 1.54) is 0 Å². The minimum absolute atomic E-state index is 0.0796. The molecule has 4 rings (SSSR count). The van der Waals surface area contributed by atoms with E-state index in [0.717, 1.165) is 43.1 Å². The minimum atomic E-state index is -0.501. The monoisotopic (exact) mass is 566 g/mol. The van der Waals surface area contributed by atoms with Gasteiger partial charge in [-0.1, -0.05) is 18.2 Å². The SMILES string of the molecule is CN(C)CCN1CCN(c2cc(C(=O)NC[C@H]3CC[C@H](CNC(=O)OC(C)(C)C)CC3)c3ccccc3n2)CC1=O. The van der Waals surface area contributed by atoms with Crippen LogP contribution < -0.4 is 15.5 Å². The first kappa shape index (κ1) is 30.6. The van der Waals surface area contributed by atoms with Crippen molar-refractivity contribution in [3.63, 3.8) is 0 Å². The van der Waals surface area contributed by atoms with E-state index in [0.29, 0.717) is 55.9 Å². The fourth-order valence-corrected chi connectivity index (χ4v) is 5.49. The summed E-state index contributed by atoms with van der Waals surface area (Å²) in [7, 11) is 4.01. The molecule has 1 aromatic heterocycles. The maximum Gasteiger partial charge on any atom is 0.407 e. The highest BCUT2D eigenvalue weighted by Crippen LogP contribution is 2.29. The molecule has 1 aliphatic carbocycles. The Bertz CT molecular complexity index is 1220. The molecule has 10 heteroatoms. The minimum Gasteiger partial charge on any atom is -0.444 e. The molecule has 1 saturated heterocycles. The van der Waals surface area contributed by atoms with Gasteiger partial charge in [-0.2, -0.15) is 0 Å². The number of ether oxygens (including phenoxy) is 1. The lowest BCUT2D eigenvalue weighted by Gasteiger charge is -2.35. The number of amides is 3. The number of nitrogens with zero attached hydrogens (tertiary/aromatic N) is 4. The van der Waals surface area contributed by atoms with Crippen LogP contribution in [0.1, 0.15) is 56.8 Å². The highest BCUT2D eigenvalue weighted by atomic mass is 16.6. The molecule has 2 aliphatic rings. The van der Waals surface area contributed by atoms with Crippen molar-refractivity contribution in [1.82, 2.24) is 25.4 Å². The van der Waals surface area contributed by atoms with Gasteiger partial charge < -0.3 is 30.1 Å². The number of fused-ring (bicyclic) bond motifs is 1. The fraction of sp³-hybridized carbons (Fsp3) is 0.613. The Morgan fingerprint density at radius 3 is 2.32 bits per heavy atom. The summed E-state index contributed by atoms with van der Waals surface area (Å²) in [5.41, 5.74) is 0.831. The molecule has 10 nitrogen and oxygen atoms in total. The molecule has 0 bridgehead atoms. The van der Waals surface area contributed by atoms with Crippen molar-refractivity contribution in [3.05, 3.63) is 35.9 Å². The number of para-hydroxylation sites is 1. The van der Waals surface area contributed by atoms with Crippen LogP contribution in [0.2, 0.25) is 0 Å². The zero-order chi connectivity index (χ0) is 29.6. The molecular formula is C31H46N6O4. The zero-order valence-electron chi connectivity index (χ0n) is 25.2. The van der Waals surface area contributed by atoms with E-state index in [9.17, 15) is 14.4 Å². The molecule has 224 valence electrons. The summed E-state index contributed by atoms with van der Waals surface area (Å²) in [5.74, 6) is 1.45. The van der Waals surface area contributed by atoms with Crippen LogP contribution in [0.3, 0.4) is 0 Å². The third-order valence-corrected chi connectivity index (χ3v) is 7.86. The van der Waals surface area contributed by atoms with Crippen LogP contribution in [0.4, 0.5) is 10.6 Å². The lowest BCUT2D eigenvalue weighted by molar-refractivity contribution is -0.131. The number of carbonyl (C=O) groups is 3. The first-order chi connectivity index (χ1) is 19.5. The quantitative estimate of drug-likeness (QED) is 0.478. The molecule has 1 aromatic carbocycles. The third kappa shape index (κ3) is 8.79. The van der Waals surface area contributed by atoms with Crippen molar-refractivity contribution in [2.45, 2.75) is 52.1 Å². The summed E-state index contributed by atoms with van der Waals surface area (Å²) in [6.07, 6.45) is 3.65. The number of alkyl carbamates (subject to hydrolysis) is 1. The van der Waals surface area contributed by atoms with Crippen molar-refractivity contribution in [2.24, 2.45) is 11.8 Å². The summed E-state index contributed by atoms with van der Waals surface area (Å²) < 4.78 is 5.34. The number of benzene rings is 1. The molecule has 2 aromatic rings. The Morgan fingerprint density at radius 2 is 1.68 bits per heavy atom. The fourth-order valence-electron chi connectivity index (χ4n) is 5.49. The van der Waals surface area contributed by atoms with E-state index in [1.807, 2.05) is 75.0 Å². The summed E-state index contributed by atoms with van der Waals surface area (Å²) in [6.45, 7) is 9.91. The van der Waals surface area contributed by atoms with Gasteiger partial charge in [-0.15, -0.1) is 0 Å². The molecule has 0 unspecified atom stereocenters. The van der Waals surface area contributed by atoms with E-state index < -0.39 is 5.60 Å². The second-order valence-electron chi connectivity index (χ2n) is 12.6. The molecule has 2 N–H and O–H groups in total. The van der Waals surface area contributed by atoms with Crippen LogP contribution in [-0.2, 0) is 9.53 Å². The highest BCUT2D eigenvalue weighted by Gasteiger charge is 2.27. The molecular weight excluding hydrogens is 520 g/mol. The number of aromatic nitrogens is 1. The predicted octanol–water partition coefficient (Wildman–Crippen LogP) is 3.51. The maximum atomic E-state index is 13.5. The topological polar surface area (TPSA) is 107 Å². The van der Waals surface area contributed by atoms with E-state index in [-0.39, 0.29) is 24.5 Å². The molecule has 0 atom stereocenters. The van der Waals surface area contributed by atoms with Gasteiger partial charge in [0, 0.05) is 44.7 Å². The van der Waals surface area contributed by atoms with Crippen molar-refractivity contribution in [1.29, 1.82) is 0 Å². The molecule has 3 amide bonds. The largest absolute Gasteiger partial charge is 0.444 e. The van der Waals surface area contributed by atoms with E-state index in [4.69, 9.17) is 9.72 Å². The molecule has 0 spiro atoms. The van der Waals surface area contributed by atoms with E-state index in [1.54, 1.807) is 0 Å². The van der Waals surface area contributed by atoms with Crippen LogP contribution in [-0.4, -0.2) is 98.2 Å². The number of rotatable bonds is 9. The Hall–Kier alpha value is -3.40. The standard InChI is InChI=1S/C31H46N6O4/c1-31(2,3)41-30(40)33-20-23-12-10-22(11-13-23)19-32-29(39)25-18-27(34-26-9-7-6-8-24(25)26)37-17-16-36(28(38)21-37)15-14-35(4)5/h6-9,18,22-23H,10-17,19-21H2,1-5H3,(H,32,39)(H,33,40)/t22-,23-. The zero-order valence-corrected chi connectivity index (χ0v) is 25.2. The highest BCUT2D eigenvalue weighted by molar-refractivity contribution is 6.07. The summed E-state index contributed by atoms with van der Waals surface area (Å²) >= 11 is 0. The lowest BCUT2D eigenvalue weighted by Crippen LogP contribution is -2.52. The predicted molar refractivity (Wildman–Crippen MR) is 161 cm³/mol. The molecule has 41 heavy (non-hydrogen) atoms. The van der Waals surface area contributed by atoms with Gasteiger partial charge >= 0.3 is 6.09 Å². The third-order valence-electron chi connectivity index (χ3n) is 7.86. The number of anilines is 1. The lowest BCUT2D eigenvalue weighted by atomic mass is 9.82. The Morgan fingerprint density at radius 1 is 1.02 bits per heavy atom. The Kier molecular flexibility index (Phi) is 10.1. The van der Waals surface area contributed by atoms with Gasteiger partial charge in [-0.25, -0.2) is 9.78 Å². The molecule has 1 aliphatic heterocycles. The van der Waals surface area contributed by atoms with Crippen molar-refractivity contribution in [3.8, 4) is 0 Å². The van der Waals surface area contributed by atoms with Gasteiger partial charge in [-0.05, 0) is 84.5 Å².